The summed E-state index contributed by atoms with van der Waals surface area (Å²) in [6.45, 7) is 2.76. The van der Waals surface area contributed by atoms with Crippen molar-refractivity contribution >= 4 is 0 Å². The Bertz CT molecular complexity index is 81.9. The van der Waals surface area contributed by atoms with Gasteiger partial charge in [-0.1, -0.05) is 7.43 Å². The average Bonchev–Trinajstić information content (AvgIpc) is 2.30. The minimum absolute atomic E-state index is 0. The van der Waals surface area contributed by atoms with Gasteiger partial charge < -0.3 is 24.4 Å². The summed E-state index contributed by atoms with van der Waals surface area (Å²) in [6, 6.07) is 0. The Balaban J connectivity index is -0.000000529. The van der Waals surface area contributed by atoms with E-state index in [0.29, 0.717) is 39.6 Å². The SMILES string of the molecule is C.OCCOCCOCCOCCO.OO. The quantitative estimate of drug-likeness (QED) is 0.237. The van der Waals surface area contributed by atoms with Gasteiger partial charge in [0.05, 0.1) is 52.9 Å². The van der Waals surface area contributed by atoms with Gasteiger partial charge in [0.1, 0.15) is 0 Å². The molecule has 0 aromatic carbocycles. The molecule has 102 valence electrons. The number of hydrogen-bond donors (Lipinski definition) is 4. The molecule has 0 bridgehead atoms. The zero-order valence-corrected chi connectivity index (χ0v) is 8.67. The summed E-state index contributed by atoms with van der Waals surface area (Å²) in [5.74, 6) is 0. The van der Waals surface area contributed by atoms with Gasteiger partial charge in [-0.25, -0.2) is 0 Å². The zero-order chi connectivity index (χ0) is 11.8. The summed E-state index contributed by atoms with van der Waals surface area (Å²) < 4.78 is 15.0. The molecule has 0 aliphatic heterocycles. The summed E-state index contributed by atoms with van der Waals surface area (Å²) in [7, 11) is 0. The lowest BCUT2D eigenvalue weighted by Gasteiger charge is -2.04. The van der Waals surface area contributed by atoms with Gasteiger partial charge in [0.25, 0.3) is 0 Å². The molecular weight excluding hydrogens is 220 g/mol. The third kappa shape index (κ3) is 23.5. The molecule has 0 amide bonds. The second-order valence-corrected chi connectivity index (χ2v) is 2.28. The molecule has 16 heavy (non-hydrogen) atoms. The molecular formula is C9H24O7. The summed E-state index contributed by atoms with van der Waals surface area (Å²) in [4.78, 5) is 0. The van der Waals surface area contributed by atoms with Crippen molar-refractivity contribution in [1.82, 2.24) is 0 Å². The highest BCUT2D eigenvalue weighted by molar-refractivity contribution is 4.33. The number of aliphatic hydroxyl groups is 2. The fourth-order valence-electron chi connectivity index (χ4n) is 0.671. The third-order valence-corrected chi connectivity index (χ3v) is 1.22. The number of aliphatic hydroxyl groups excluding tert-OH is 2. The van der Waals surface area contributed by atoms with E-state index in [-0.39, 0.29) is 20.6 Å². The second-order valence-electron chi connectivity index (χ2n) is 2.28. The monoisotopic (exact) mass is 244 g/mol. The van der Waals surface area contributed by atoms with Crippen molar-refractivity contribution in [2.24, 2.45) is 0 Å². The van der Waals surface area contributed by atoms with Gasteiger partial charge >= 0.3 is 0 Å². The van der Waals surface area contributed by atoms with Crippen molar-refractivity contribution in [2.75, 3.05) is 52.9 Å². The van der Waals surface area contributed by atoms with E-state index in [1.807, 2.05) is 0 Å². The van der Waals surface area contributed by atoms with Crippen molar-refractivity contribution in [3.8, 4) is 0 Å². The van der Waals surface area contributed by atoms with E-state index in [4.69, 9.17) is 34.9 Å². The molecule has 0 heterocycles. The largest absolute Gasteiger partial charge is 0.394 e. The van der Waals surface area contributed by atoms with E-state index in [2.05, 4.69) is 0 Å². The highest BCUT2D eigenvalue weighted by Crippen LogP contribution is 1.80. The van der Waals surface area contributed by atoms with Gasteiger partial charge in [0.15, 0.2) is 0 Å². The van der Waals surface area contributed by atoms with Gasteiger partial charge in [-0.3, -0.25) is 10.5 Å². The predicted molar refractivity (Wildman–Crippen MR) is 58.6 cm³/mol. The van der Waals surface area contributed by atoms with Crippen LogP contribution in [0.4, 0.5) is 0 Å². The summed E-state index contributed by atoms with van der Waals surface area (Å²) in [6.07, 6.45) is 0. The molecule has 0 aliphatic carbocycles. The number of hydrogen-bond acceptors (Lipinski definition) is 7. The Morgan fingerprint density at radius 1 is 0.562 bits per heavy atom. The third-order valence-electron chi connectivity index (χ3n) is 1.22. The van der Waals surface area contributed by atoms with Crippen LogP contribution in [0.25, 0.3) is 0 Å². The standard InChI is InChI=1S/C8H18O5.CH4.H2O2/c9-1-3-11-5-7-13-8-6-12-4-2-10;;1-2/h9-10H,1-8H2;1H4;1-2H. The van der Waals surface area contributed by atoms with E-state index in [1.165, 1.54) is 0 Å². The molecule has 0 aromatic rings. The van der Waals surface area contributed by atoms with E-state index < -0.39 is 0 Å². The summed E-state index contributed by atoms with van der Waals surface area (Å²) >= 11 is 0. The lowest BCUT2D eigenvalue weighted by atomic mass is 10.7. The Kier molecular flexibility index (Phi) is 31.7. The predicted octanol–water partition coefficient (Wildman–Crippen LogP) is -0.326. The lowest BCUT2D eigenvalue weighted by molar-refractivity contribution is -0.176. The maximum Gasteiger partial charge on any atom is 0.0701 e. The lowest BCUT2D eigenvalue weighted by Crippen LogP contribution is -2.11. The maximum atomic E-state index is 8.36. The zero-order valence-electron chi connectivity index (χ0n) is 8.67. The Hall–Kier alpha value is -0.280. The smallest absolute Gasteiger partial charge is 0.0701 e. The molecule has 0 spiro atoms. The minimum atomic E-state index is 0. The molecule has 0 radical (unpaired) electrons. The molecule has 0 aliphatic rings. The highest BCUT2D eigenvalue weighted by atomic mass is 17.0. The summed E-state index contributed by atoms with van der Waals surface area (Å²) in [5.41, 5.74) is 0. The Morgan fingerprint density at radius 3 is 1.06 bits per heavy atom. The van der Waals surface area contributed by atoms with Gasteiger partial charge in [-0.05, 0) is 0 Å². The van der Waals surface area contributed by atoms with Crippen molar-refractivity contribution < 1.29 is 34.9 Å². The summed E-state index contributed by atoms with van der Waals surface area (Å²) in [5, 5.41) is 28.7. The van der Waals surface area contributed by atoms with Gasteiger partial charge in [-0.2, -0.15) is 0 Å². The van der Waals surface area contributed by atoms with Crippen LogP contribution in [0.3, 0.4) is 0 Å². The number of ether oxygens (including phenoxy) is 3. The first kappa shape index (κ1) is 21.1. The van der Waals surface area contributed by atoms with Crippen molar-refractivity contribution in [1.29, 1.82) is 0 Å². The molecule has 0 saturated carbocycles. The van der Waals surface area contributed by atoms with Crippen molar-refractivity contribution in [3.63, 3.8) is 0 Å². The van der Waals surface area contributed by atoms with Crippen LogP contribution in [-0.4, -0.2) is 73.6 Å². The fourth-order valence-corrected chi connectivity index (χ4v) is 0.671. The molecule has 0 fully saturated rings. The van der Waals surface area contributed by atoms with Crippen LogP contribution in [0, 0.1) is 0 Å². The second kappa shape index (κ2) is 24.1. The molecule has 0 rings (SSSR count). The van der Waals surface area contributed by atoms with E-state index in [0.717, 1.165) is 0 Å². The molecule has 7 nitrogen and oxygen atoms in total. The Morgan fingerprint density at radius 2 is 0.812 bits per heavy atom. The average molecular weight is 244 g/mol. The molecule has 0 aromatic heterocycles. The first-order valence-corrected chi connectivity index (χ1v) is 4.56. The van der Waals surface area contributed by atoms with Crippen LogP contribution in [0.2, 0.25) is 0 Å². The molecule has 0 atom stereocenters. The van der Waals surface area contributed by atoms with Crippen LogP contribution >= 0.6 is 0 Å². The van der Waals surface area contributed by atoms with Crippen LogP contribution in [0.15, 0.2) is 0 Å². The fraction of sp³-hybridized carbons (Fsp3) is 1.00. The first-order chi connectivity index (χ1) is 7.41. The normalized spacial score (nSPS) is 9.00. The van der Waals surface area contributed by atoms with Gasteiger partial charge in [-0.15, -0.1) is 0 Å². The molecule has 4 N–H and O–H groups in total. The first-order valence-electron chi connectivity index (χ1n) is 4.56. The minimum Gasteiger partial charge on any atom is -0.394 e. The van der Waals surface area contributed by atoms with Crippen LogP contribution in [0.1, 0.15) is 7.43 Å². The van der Waals surface area contributed by atoms with Gasteiger partial charge in [0.2, 0.25) is 0 Å². The highest BCUT2D eigenvalue weighted by Gasteiger charge is 1.89. The maximum absolute atomic E-state index is 8.36. The van der Waals surface area contributed by atoms with Crippen LogP contribution in [0.5, 0.6) is 0 Å². The van der Waals surface area contributed by atoms with Crippen molar-refractivity contribution in [2.45, 2.75) is 7.43 Å². The molecule has 7 heteroatoms. The topological polar surface area (TPSA) is 109 Å². The molecule has 0 saturated heterocycles. The molecule has 0 unspecified atom stereocenters. The van der Waals surface area contributed by atoms with E-state index in [1.54, 1.807) is 0 Å². The van der Waals surface area contributed by atoms with Crippen molar-refractivity contribution in [3.05, 3.63) is 0 Å². The Labute approximate surface area is 96.1 Å². The van der Waals surface area contributed by atoms with E-state index >= 15 is 0 Å². The van der Waals surface area contributed by atoms with E-state index in [9.17, 15) is 0 Å². The van der Waals surface area contributed by atoms with Crippen LogP contribution in [-0.2, 0) is 14.2 Å². The number of rotatable bonds is 10. The van der Waals surface area contributed by atoms with Crippen LogP contribution < -0.4 is 0 Å². The van der Waals surface area contributed by atoms with Gasteiger partial charge in [0, 0.05) is 0 Å².